The third-order valence-corrected chi connectivity index (χ3v) is 6.57. The Kier molecular flexibility index (Phi) is 10.9. The average molecular weight is 468 g/mol. The molecule has 188 valence electrons. The van der Waals surface area contributed by atoms with Crippen LogP contribution in [-0.4, -0.2) is 55.7 Å². The van der Waals surface area contributed by atoms with Crippen LogP contribution in [0.5, 0.6) is 0 Å². The van der Waals surface area contributed by atoms with E-state index in [-0.39, 0.29) is 30.3 Å². The second-order valence-corrected chi connectivity index (χ2v) is 9.76. The van der Waals surface area contributed by atoms with Crippen LogP contribution in [0.4, 0.5) is 4.79 Å². The summed E-state index contributed by atoms with van der Waals surface area (Å²) in [7, 11) is 1.24. The quantitative estimate of drug-likeness (QED) is 0.402. The van der Waals surface area contributed by atoms with Gasteiger partial charge in [-0.3, -0.25) is 9.59 Å². The molecule has 0 aromatic rings. The second kappa shape index (κ2) is 13.4. The summed E-state index contributed by atoms with van der Waals surface area (Å²) < 4.78 is 10.4. The predicted octanol–water partition coefficient (Wildman–Crippen LogP) is 2.67. The van der Waals surface area contributed by atoms with Gasteiger partial charge >= 0.3 is 12.1 Å². The molecule has 9 heteroatoms. The van der Waals surface area contributed by atoms with Crippen molar-refractivity contribution < 1.29 is 28.7 Å². The molecule has 0 unspecified atom stereocenters. The second-order valence-electron chi connectivity index (χ2n) is 9.76. The lowest BCUT2D eigenvalue weighted by Crippen LogP contribution is -2.53. The van der Waals surface area contributed by atoms with Crippen molar-refractivity contribution in [2.24, 2.45) is 17.8 Å². The Bertz CT molecular complexity index is 675. The highest BCUT2D eigenvalue weighted by Gasteiger charge is 2.34. The topological polar surface area (TPSA) is 123 Å². The van der Waals surface area contributed by atoms with E-state index in [2.05, 4.69) is 22.9 Å². The summed E-state index contributed by atoms with van der Waals surface area (Å²) in [5, 5.41) is 8.11. The fourth-order valence-electron chi connectivity index (χ4n) is 4.76. The number of carbonyl (C=O) groups is 4. The van der Waals surface area contributed by atoms with Crippen molar-refractivity contribution in [2.45, 2.75) is 96.7 Å². The van der Waals surface area contributed by atoms with E-state index in [1.54, 1.807) is 0 Å². The maximum atomic E-state index is 13.0. The molecule has 3 atom stereocenters. The van der Waals surface area contributed by atoms with Gasteiger partial charge in [-0.2, -0.15) is 0 Å². The summed E-state index contributed by atoms with van der Waals surface area (Å²) in [6, 6.07) is -1.81. The minimum absolute atomic E-state index is 0.128. The normalized spacial score (nSPS) is 24.5. The highest BCUT2D eigenvalue weighted by molar-refractivity contribution is 5.90. The molecule has 1 aliphatic heterocycles. The van der Waals surface area contributed by atoms with Crippen molar-refractivity contribution in [2.75, 3.05) is 13.7 Å². The minimum atomic E-state index is -0.960. The van der Waals surface area contributed by atoms with Crippen LogP contribution in [0.25, 0.3) is 0 Å². The summed E-state index contributed by atoms with van der Waals surface area (Å²) in [5.74, 6) is -0.762. The molecular formula is C24H41N3O6. The van der Waals surface area contributed by atoms with Crippen LogP contribution in [0.2, 0.25) is 0 Å². The molecule has 0 spiro atoms. The van der Waals surface area contributed by atoms with Gasteiger partial charge in [-0.15, -0.1) is 0 Å². The summed E-state index contributed by atoms with van der Waals surface area (Å²) in [6.07, 6.45) is 6.56. The van der Waals surface area contributed by atoms with Gasteiger partial charge in [-0.1, -0.05) is 33.6 Å². The van der Waals surface area contributed by atoms with Gasteiger partial charge in [0.15, 0.2) is 0 Å². The highest BCUT2D eigenvalue weighted by atomic mass is 16.6. The molecular weight excluding hydrogens is 426 g/mol. The van der Waals surface area contributed by atoms with Crippen LogP contribution in [0.15, 0.2) is 0 Å². The van der Waals surface area contributed by atoms with Crippen molar-refractivity contribution in [3.8, 4) is 0 Å². The average Bonchev–Trinajstić information content (AvgIpc) is 3.17. The zero-order chi connectivity index (χ0) is 24.4. The smallest absolute Gasteiger partial charge is 0.408 e. The Morgan fingerprint density at radius 2 is 1.76 bits per heavy atom. The number of alkyl carbamates (subject to hydrolysis) is 1. The number of esters is 1. The largest absolute Gasteiger partial charge is 0.467 e. The minimum Gasteiger partial charge on any atom is -0.467 e. The summed E-state index contributed by atoms with van der Waals surface area (Å²) in [5.41, 5.74) is 0. The Morgan fingerprint density at radius 3 is 2.30 bits per heavy atom. The highest BCUT2D eigenvalue weighted by Crippen LogP contribution is 2.29. The maximum Gasteiger partial charge on any atom is 0.408 e. The van der Waals surface area contributed by atoms with E-state index in [0.29, 0.717) is 25.3 Å². The van der Waals surface area contributed by atoms with Crippen molar-refractivity contribution >= 4 is 23.9 Å². The van der Waals surface area contributed by atoms with E-state index >= 15 is 0 Å². The van der Waals surface area contributed by atoms with Gasteiger partial charge in [0.2, 0.25) is 11.8 Å². The summed E-state index contributed by atoms with van der Waals surface area (Å²) in [4.78, 5) is 49.8. The SMILES string of the molecule is CCCC1CCC(OC(=O)N[C@@H](CC(C)C)C(=O)N[C@@H](C[C@@H]2CCNC2=O)C(=O)OC)CC1. The Labute approximate surface area is 197 Å². The van der Waals surface area contributed by atoms with Crippen LogP contribution in [-0.2, 0) is 23.9 Å². The molecule has 2 fully saturated rings. The van der Waals surface area contributed by atoms with Crippen LogP contribution in [0.3, 0.4) is 0 Å². The lowest BCUT2D eigenvalue weighted by molar-refractivity contribution is -0.146. The van der Waals surface area contributed by atoms with E-state index in [1.807, 2.05) is 13.8 Å². The third-order valence-electron chi connectivity index (χ3n) is 6.57. The van der Waals surface area contributed by atoms with Gasteiger partial charge in [0.1, 0.15) is 18.2 Å². The van der Waals surface area contributed by atoms with E-state index < -0.39 is 30.1 Å². The molecule has 3 N–H and O–H groups in total. The van der Waals surface area contributed by atoms with Crippen LogP contribution in [0.1, 0.15) is 78.6 Å². The van der Waals surface area contributed by atoms with Crippen LogP contribution >= 0.6 is 0 Å². The van der Waals surface area contributed by atoms with Crippen LogP contribution in [0, 0.1) is 17.8 Å². The van der Waals surface area contributed by atoms with Gasteiger partial charge < -0.3 is 25.4 Å². The fourth-order valence-corrected chi connectivity index (χ4v) is 4.76. The van der Waals surface area contributed by atoms with Gasteiger partial charge in [-0.05, 0) is 56.8 Å². The van der Waals surface area contributed by atoms with Gasteiger partial charge in [-0.25, -0.2) is 9.59 Å². The molecule has 0 radical (unpaired) electrons. The number of amides is 3. The Hall–Kier alpha value is -2.32. The third kappa shape index (κ3) is 8.85. The molecule has 1 heterocycles. The number of methoxy groups -OCH3 is 1. The monoisotopic (exact) mass is 467 g/mol. The summed E-state index contributed by atoms with van der Waals surface area (Å²) in [6.45, 7) is 6.63. The molecule has 2 rings (SSSR count). The number of hydrogen-bond acceptors (Lipinski definition) is 6. The van der Waals surface area contributed by atoms with Crippen molar-refractivity contribution in [1.29, 1.82) is 0 Å². The number of nitrogens with one attached hydrogen (secondary N) is 3. The first kappa shape index (κ1) is 26.9. The Morgan fingerprint density at radius 1 is 1.06 bits per heavy atom. The van der Waals surface area contributed by atoms with E-state index in [9.17, 15) is 19.2 Å². The first-order chi connectivity index (χ1) is 15.7. The molecule has 0 aromatic carbocycles. The zero-order valence-corrected chi connectivity index (χ0v) is 20.5. The van der Waals surface area contributed by atoms with Gasteiger partial charge in [0, 0.05) is 12.5 Å². The standard InChI is InChI=1S/C24H41N3O6/c1-5-6-16-7-9-18(10-8-16)33-24(31)27-19(13-15(2)3)22(29)26-20(23(30)32-4)14-17-11-12-25-21(17)28/h15-20H,5-14H2,1-4H3,(H,25,28)(H,26,29)(H,27,31)/t16?,17-,18?,19-,20-/m0/s1. The van der Waals surface area contributed by atoms with Gasteiger partial charge in [0.25, 0.3) is 0 Å². The lowest BCUT2D eigenvalue weighted by atomic mass is 9.85. The van der Waals surface area contributed by atoms with Gasteiger partial charge in [0.05, 0.1) is 7.11 Å². The molecule has 3 amide bonds. The Balaban J connectivity index is 1.94. The zero-order valence-electron chi connectivity index (χ0n) is 20.5. The molecule has 33 heavy (non-hydrogen) atoms. The first-order valence-electron chi connectivity index (χ1n) is 12.4. The fraction of sp³-hybridized carbons (Fsp3) is 0.833. The number of ether oxygens (including phenoxy) is 2. The molecule has 2 aliphatic rings. The molecule has 0 bridgehead atoms. The first-order valence-corrected chi connectivity index (χ1v) is 12.4. The van der Waals surface area contributed by atoms with E-state index in [4.69, 9.17) is 9.47 Å². The van der Waals surface area contributed by atoms with E-state index in [1.165, 1.54) is 20.0 Å². The molecule has 1 aliphatic carbocycles. The molecule has 1 saturated carbocycles. The number of rotatable bonds is 11. The number of hydrogen-bond donors (Lipinski definition) is 3. The van der Waals surface area contributed by atoms with Crippen molar-refractivity contribution in [3.63, 3.8) is 0 Å². The van der Waals surface area contributed by atoms with Crippen LogP contribution < -0.4 is 16.0 Å². The molecule has 0 aromatic heterocycles. The van der Waals surface area contributed by atoms with Crippen molar-refractivity contribution in [1.82, 2.24) is 16.0 Å². The number of carbonyl (C=O) groups excluding carboxylic acids is 4. The molecule has 9 nitrogen and oxygen atoms in total. The van der Waals surface area contributed by atoms with E-state index in [0.717, 1.165) is 25.7 Å². The lowest BCUT2D eigenvalue weighted by Gasteiger charge is -2.29. The van der Waals surface area contributed by atoms with Crippen molar-refractivity contribution in [3.05, 3.63) is 0 Å². The summed E-state index contributed by atoms with van der Waals surface area (Å²) >= 11 is 0. The predicted molar refractivity (Wildman–Crippen MR) is 123 cm³/mol. The molecule has 1 saturated heterocycles. The maximum absolute atomic E-state index is 13.0.